The first-order valence-electron chi connectivity index (χ1n) is 5.51. The fourth-order valence-electron chi connectivity index (χ4n) is 1.55. The molecular weight excluding hydrogens is 241 g/mol. The molecule has 0 unspecified atom stereocenters. The Morgan fingerprint density at radius 3 is 2.82 bits per heavy atom. The van der Waals surface area contributed by atoms with E-state index < -0.39 is 0 Å². The van der Waals surface area contributed by atoms with Gasteiger partial charge in [0, 0.05) is 5.75 Å². The number of thioether (sulfide) groups is 1. The van der Waals surface area contributed by atoms with Crippen LogP contribution in [0.3, 0.4) is 0 Å². The average Bonchev–Trinajstić information content (AvgIpc) is 2.85. The van der Waals surface area contributed by atoms with E-state index in [-0.39, 0.29) is 11.7 Å². The van der Waals surface area contributed by atoms with Gasteiger partial charge in [-0.1, -0.05) is 12.1 Å². The van der Waals surface area contributed by atoms with Gasteiger partial charge in [0.25, 0.3) is 5.91 Å². The van der Waals surface area contributed by atoms with Crippen LogP contribution in [0.15, 0.2) is 24.3 Å². The van der Waals surface area contributed by atoms with Gasteiger partial charge in [0.15, 0.2) is 0 Å². The minimum absolute atomic E-state index is 0.00890. The zero-order valence-electron chi connectivity index (χ0n) is 9.39. The van der Waals surface area contributed by atoms with Gasteiger partial charge < -0.3 is 0 Å². The molecule has 92 valence electrons. The van der Waals surface area contributed by atoms with Crippen LogP contribution >= 0.6 is 11.8 Å². The van der Waals surface area contributed by atoms with Crippen LogP contribution in [0.5, 0.6) is 0 Å². The summed E-state index contributed by atoms with van der Waals surface area (Å²) in [6.45, 7) is 1.32. The maximum absolute atomic E-state index is 12.7. The predicted molar refractivity (Wildman–Crippen MR) is 64.8 cm³/mol. The lowest BCUT2D eigenvalue weighted by atomic mass is 10.2. The van der Waals surface area contributed by atoms with Crippen LogP contribution in [0.1, 0.15) is 12.0 Å². The van der Waals surface area contributed by atoms with Crippen molar-refractivity contribution in [1.82, 2.24) is 5.06 Å². The van der Waals surface area contributed by atoms with Crippen LogP contribution < -0.4 is 0 Å². The fraction of sp³-hybridized carbons (Fsp3) is 0.417. The van der Waals surface area contributed by atoms with Crippen LogP contribution in [0.4, 0.5) is 4.39 Å². The van der Waals surface area contributed by atoms with Crippen molar-refractivity contribution in [2.45, 2.75) is 12.2 Å². The van der Waals surface area contributed by atoms with Crippen molar-refractivity contribution in [2.75, 3.05) is 18.9 Å². The molecule has 1 aromatic rings. The smallest absolute Gasteiger partial charge is 0.256 e. The molecule has 5 heteroatoms. The third-order valence-corrected chi connectivity index (χ3v) is 3.43. The Morgan fingerprint density at radius 2 is 2.18 bits per heavy atom. The van der Waals surface area contributed by atoms with Gasteiger partial charge in [0.05, 0.1) is 18.9 Å². The summed E-state index contributed by atoms with van der Waals surface area (Å²) in [6, 6.07) is 6.33. The molecule has 1 heterocycles. The zero-order chi connectivity index (χ0) is 12.1. The molecule has 2 rings (SSSR count). The topological polar surface area (TPSA) is 29.5 Å². The molecule has 1 amide bonds. The van der Waals surface area contributed by atoms with Crippen LogP contribution in [-0.4, -0.2) is 29.9 Å². The Labute approximate surface area is 104 Å². The van der Waals surface area contributed by atoms with E-state index >= 15 is 0 Å². The number of rotatable bonds is 4. The summed E-state index contributed by atoms with van der Waals surface area (Å²) < 4.78 is 12.7. The molecule has 0 saturated carbocycles. The van der Waals surface area contributed by atoms with Crippen molar-refractivity contribution in [2.24, 2.45) is 0 Å². The lowest BCUT2D eigenvalue weighted by Gasteiger charge is -2.13. The second-order valence-electron chi connectivity index (χ2n) is 3.80. The van der Waals surface area contributed by atoms with Crippen LogP contribution in [-0.2, 0) is 15.4 Å². The van der Waals surface area contributed by atoms with Gasteiger partial charge in [-0.15, -0.1) is 11.8 Å². The molecule has 0 spiro atoms. The number of halogens is 1. The first-order chi connectivity index (χ1) is 8.25. The Hall–Kier alpha value is -1.07. The van der Waals surface area contributed by atoms with Crippen molar-refractivity contribution < 1.29 is 14.0 Å². The minimum Gasteiger partial charge on any atom is -0.272 e. The normalized spacial score (nSPS) is 15.2. The lowest BCUT2D eigenvalue weighted by Crippen LogP contribution is -2.28. The molecule has 1 aromatic carbocycles. The molecule has 1 fully saturated rings. The van der Waals surface area contributed by atoms with Gasteiger partial charge in [-0.2, -0.15) is 0 Å². The average molecular weight is 255 g/mol. The van der Waals surface area contributed by atoms with Gasteiger partial charge in [-0.05, 0) is 24.1 Å². The summed E-state index contributed by atoms with van der Waals surface area (Å²) in [5.41, 5.74) is 1.02. The van der Waals surface area contributed by atoms with Gasteiger partial charge >= 0.3 is 0 Å². The Morgan fingerprint density at radius 1 is 1.41 bits per heavy atom. The van der Waals surface area contributed by atoms with Crippen molar-refractivity contribution >= 4 is 17.7 Å². The molecule has 0 aliphatic carbocycles. The second-order valence-corrected chi connectivity index (χ2v) is 4.79. The monoisotopic (exact) mass is 255 g/mol. The maximum Gasteiger partial charge on any atom is 0.256 e. The summed E-state index contributed by atoms with van der Waals surface area (Å²) in [5, 5.41) is 1.43. The maximum atomic E-state index is 12.7. The number of carbonyl (C=O) groups excluding carboxylic acids is 1. The van der Waals surface area contributed by atoms with E-state index in [4.69, 9.17) is 4.84 Å². The van der Waals surface area contributed by atoms with E-state index in [0.717, 1.165) is 12.0 Å². The number of amides is 1. The molecule has 0 atom stereocenters. The third-order valence-electron chi connectivity index (χ3n) is 2.44. The van der Waals surface area contributed by atoms with Crippen LogP contribution in [0.2, 0.25) is 0 Å². The number of carbonyl (C=O) groups is 1. The molecule has 0 aromatic heterocycles. The van der Waals surface area contributed by atoms with E-state index in [2.05, 4.69) is 0 Å². The standard InChI is InChI=1S/C12H14FNO2S/c13-11-4-2-10(3-5-11)8-17-9-12(15)14-6-1-7-16-14/h2-5H,1,6-9H2. The Bertz CT molecular complexity index is 377. The van der Waals surface area contributed by atoms with Crippen LogP contribution in [0, 0.1) is 5.82 Å². The highest BCUT2D eigenvalue weighted by Crippen LogP contribution is 2.14. The highest BCUT2D eigenvalue weighted by atomic mass is 32.2. The minimum atomic E-state index is -0.236. The van der Waals surface area contributed by atoms with Gasteiger partial charge in [-0.25, -0.2) is 9.45 Å². The first kappa shape index (κ1) is 12.4. The molecule has 3 nitrogen and oxygen atoms in total. The summed E-state index contributed by atoms with van der Waals surface area (Å²) in [5.74, 6) is 0.881. The quantitative estimate of drug-likeness (QED) is 0.826. The van der Waals surface area contributed by atoms with Gasteiger partial charge in [0.2, 0.25) is 0 Å². The van der Waals surface area contributed by atoms with E-state index in [0.29, 0.717) is 24.7 Å². The Balaban J connectivity index is 1.72. The molecular formula is C12H14FNO2S. The summed E-state index contributed by atoms with van der Waals surface area (Å²) >= 11 is 1.51. The lowest BCUT2D eigenvalue weighted by molar-refractivity contribution is -0.165. The summed E-state index contributed by atoms with van der Waals surface area (Å²) in [7, 11) is 0. The highest BCUT2D eigenvalue weighted by molar-refractivity contribution is 7.99. The molecule has 0 radical (unpaired) electrons. The van der Waals surface area contributed by atoms with E-state index in [1.807, 2.05) is 0 Å². The van der Waals surface area contributed by atoms with Crippen molar-refractivity contribution in [3.63, 3.8) is 0 Å². The largest absolute Gasteiger partial charge is 0.272 e. The molecule has 0 bridgehead atoms. The number of benzene rings is 1. The van der Waals surface area contributed by atoms with E-state index in [9.17, 15) is 9.18 Å². The fourth-order valence-corrected chi connectivity index (χ4v) is 2.40. The van der Waals surface area contributed by atoms with Crippen LogP contribution in [0.25, 0.3) is 0 Å². The zero-order valence-corrected chi connectivity index (χ0v) is 10.2. The van der Waals surface area contributed by atoms with Gasteiger partial charge in [-0.3, -0.25) is 9.63 Å². The molecule has 1 saturated heterocycles. The summed E-state index contributed by atoms with van der Waals surface area (Å²) in [6.07, 6.45) is 0.911. The molecule has 1 aliphatic rings. The molecule has 0 N–H and O–H groups in total. The number of hydrogen-bond acceptors (Lipinski definition) is 3. The summed E-state index contributed by atoms with van der Waals surface area (Å²) in [4.78, 5) is 16.8. The number of hydroxylamine groups is 2. The molecule has 1 aliphatic heterocycles. The Kier molecular flexibility index (Phi) is 4.39. The highest BCUT2D eigenvalue weighted by Gasteiger charge is 2.18. The van der Waals surface area contributed by atoms with E-state index in [1.165, 1.54) is 29.0 Å². The predicted octanol–water partition coefficient (Wildman–Crippen LogP) is 2.22. The van der Waals surface area contributed by atoms with Gasteiger partial charge in [0.1, 0.15) is 5.82 Å². The molecule has 17 heavy (non-hydrogen) atoms. The van der Waals surface area contributed by atoms with E-state index in [1.54, 1.807) is 12.1 Å². The number of nitrogens with zero attached hydrogens (tertiary/aromatic N) is 1. The third kappa shape index (κ3) is 3.71. The first-order valence-corrected chi connectivity index (χ1v) is 6.66. The SMILES string of the molecule is O=C(CSCc1ccc(F)cc1)N1CCCO1. The van der Waals surface area contributed by atoms with Crippen molar-refractivity contribution in [3.8, 4) is 0 Å². The number of hydrogen-bond donors (Lipinski definition) is 0. The van der Waals surface area contributed by atoms with Crippen molar-refractivity contribution in [3.05, 3.63) is 35.6 Å². The van der Waals surface area contributed by atoms with Crippen molar-refractivity contribution in [1.29, 1.82) is 0 Å². The second kappa shape index (κ2) is 6.02.